The molecule has 0 aliphatic carbocycles. The summed E-state index contributed by atoms with van der Waals surface area (Å²) in [6, 6.07) is 10.4. The van der Waals surface area contributed by atoms with E-state index >= 15 is 0 Å². The van der Waals surface area contributed by atoms with Gasteiger partial charge in [-0.1, -0.05) is 0 Å². The van der Waals surface area contributed by atoms with Crippen LogP contribution >= 0.6 is 0 Å². The van der Waals surface area contributed by atoms with Gasteiger partial charge in [0.2, 0.25) is 15.9 Å². The SMILES string of the molecule is COc1ccc(S(=O)(=O)N2CCCC(C(=O)N(C)c3ccc(F)cc3)C2)cc1C. The molecule has 0 spiro atoms. The number of anilines is 1. The van der Waals surface area contributed by atoms with E-state index in [1.165, 1.54) is 46.6 Å². The predicted octanol–water partition coefficient (Wildman–Crippen LogP) is 3.21. The Morgan fingerprint density at radius 1 is 1.21 bits per heavy atom. The van der Waals surface area contributed by atoms with E-state index in [-0.39, 0.29) is 23.2 Å². The first-order valence-corrected chi connectivity index (χ1v) is 10.9. The molecule has 1 aliphatic heterocycles. The molecule has 6 nitrogen and oxygen atoms in total. The summed E-state index contributed by atoms with van der Waals surface area (Å²) in [4.78, 5) is 14.6. The molecule has 1 fully saturated rings. The minimum absolute atomic E-state index is 0.123. The Balaban J connectivity index is 1.78. The number of ether oxygens (including phenoxy) is 1. The van der Waals surface area contributed by atoms with Crippen molar-refractivity contribution in [3.63, 3.8) is 0 Å². The lowest BCUT2D eigenvalue weighted by Crippen LogP contribution is -2.46. The van der Waals surface area contributed by atoms with Gasteiger partial charge in [0.1, 0.15) is 11.6 Å². The van der Waals surface area contributed by atoms with Crippen molar-refractivity contribution in [1.29, 1.82) is 0 Å². The lowest BCUT2D eigenvalue weighted by atomic mass is 9.98. The number of hydrogen-bond acceptors (Lipinski definition) is 4. The fourth-order valence-corrected chi connectivity index (χ4v) is 5.20. The maximum absolute atomic E-state index is 13.1. The molecule has 0 saturated carbocycles. The third kappa shape index (κ3) is 4.43. The van der Waals surface area contributed by atoms with Gasteiger partial charge in [0.25, 0.3) is 0 Å². The van der Waals surface area contributed by atoms with Crippen molar-refractivity contribution >= 4 is 21.6 Å². The average molecular weight is 421 g/mol. The first-order chi connectivity index (χ1) is 13.7. The van der Waals surface area contributed by atoms with E-state index in [2.05, 4.69) is 0 Å². The van der Waals surface area contributed by atoms with Crippen molar-refractivity contribution in [3.05, 3.63) is 53.8 Å². The fraction of sp³-hybridized carbons (Fsp3) is 0.381. The molecule has 1 unspecified atom stereocenters. The van der Waals surface area contributed by atoms with Crippen LogP contribution in [0.2, 0.25) is 0 Å². The van der Waals surface area contributed by atoms with E-state index in [1.54, 1.807) is 26.1 Å². The summed E-state index contributed by atoms with van der Waals surface area (Å²) in [7, 11) is -0.557. The van der Waals surface area contributed by atoms with Gasteiger partial charge in [0.05, 0.1) is 17.9 Å². The molecule has 8 heteroatoms. The number of hydrogen-bond donors (Lipinski definition) is 0. The average Bonchev–Trinajstić information content (AvgIpc) is 2.73. The van der Waals surface area contributed by atoms with Gasteiger partial charge in [0.15, 0.2) is 0 Å². The van der Waals surface area contributed by atoms with Crippen LogP contribution in [-0.2, 0) is 14.8 Å². The minimum Gasteiger partial charge on any atom is -0.496 e. The number of piperidine rings is 1. The topological polar surface area (TPSA) is 66.9 Å². The van der Waals surface area contributed by atoms with Crippen LogP contribution in [0.5, 0.6) is 5.75 Å². The highest BCUT2D eigenvalue weighted by Crippen LogP contribution is 2.28. The van der Waals surface area contributed by atoms with Crippen LogP contribution in [0.15, 0.2) is 47.4 Å². The van der Waals surface area contributed by atoms with Gasteiger partial charge >= 0.3 is 0 Å². The van der Waals surface area contributed by atoms with Crippen LogP contribution in [0, 0.1) is 18.7 Å². The number of methoxy groups -OCH3 is 1. The molecule has 0 N–H and O–H groups in total. The lowest BCUT2D eigenvalue weighted by Gasteiger charge is -2.33. The first-order valence-electron chi connectivity index (χ1n) is 9.42. The second kappa shape index (κ2) is 8.51. The Morgan fingerprint density at radius 2 is 1.90 bits per heavy atom. The zero-order chi connectivity index (χ0) is 21.2. The van der Waals surface area contributed by atoms with Gasteiger partial charge in [0, 0.05) is 25.8 Å². The van der Waals surface area contributed by atoms with Crippen LogP contribution in [0.4, 0.5) is 10.1 Å². The number of rotatable bonds is 5. The third-order valence-electron chi connectivity index (χ3n) is 5.28. The van der Waals surface area contributed by atoms with Crippen molar-refractivity contribution < 1.29 is 22.3 Å². The Bertz CT molecular complexity index is 992. The molecule has 1 atom stereocenters. The standard InChI is InChI=1S/C21H25FN2O4S/c1-15-13-19(10-11-20(15)28-3)29(26,27)24-12-4-5-16(14-24)21(25)23(2)18-8-6-17(22)7-9-18/h6-11,13,16H,4-5,12,14H2,1-3H3. The third-order valence-corrected chi connectivity index (χ3v) is 7.14. The van der Waals surface area contributed by atoms with Gasteiger partial charge in [-0.2, -0.15) is 4.31 Å². The summed E-state index contributed by atoms with van der Waals surface area (Å²) >= 11 is 0. The van der Waals surface area contributed by atoms with E-state index in [4.69, 9.17) is 4.74 Å². The molecule has 0 radical (unpaired) electrons. The molecule has 1 saturated heterocycles. The quantitative estimate of drug-likeness (QED) is 0.745. The molecule has 2 aromatic carbocycles. The largest absolute Gasteiger partial charge is 0.496 e. The van der Waals surface area contributed by atoms with Crippen LogP contribution in [0.3, 0.4) is 0 Å². The predicted molar refractivity (Wildman–Crippen MR) is 109 cm³/mol. The second-order valence-corrected chi connectivity index (χ2v) is 9.15. The monoisotopic (exact) mass is 420 g/mol. The number of nitrogens with zero attached hydrogens (tertiary/aromatic N) is 2. The Hall–Kier alpha value is -2.45. The van der Waals surface area contributed by atoms with E-state index in [0.717, 1.165) is 5.56 Å². The molecule has 0 aromatic heterocycles. The molecular formula is C21H25FN2O4S. The summed E-state index contributed by atoms with van der Waals surface area (Å²) in [6.07, 6.45) is 1.21. The lowest BCUT2D eigenvalue weighted by molar-refractivity contribution is -0.123. The summed E-state index contributed by atoms with van der Waals surface area (Å²) in [5, 5.41) is 0. The smallest absolute Gasteiger partial charge is 0.243 e. The van der Waals surface area contributed by atoms with E-state index in [9.17, 15) is 17.6 Å². The van der Waals surface area contributed by atoms with Crippen molar-refractivity contribution in [2.75, 3.05) is 32.1 Å². The Kier molecular flexibility index (Phi) is 6.24. The van der Waals surface area contributed by atoms with Gasteiger partial charge < -0.3 is 9.64 Å². The second-order valence-electron chi connectivity index (χ2n) is 7.21. The number of carbonyl (C=O) groups excluding carboxylic acids is 1. The van der Waals surface area contributed by atoms with E-state index in [1.807, 2.05) is 0 Å². The van der Waals surface area contributed by atoms with Crippen molar-refractivity contribution in [1.82, 2.24) is 4.31 Å². The molecular weight excluding hydrogens is 395 g/mol. The Morgan fingerprint density at radius 3 is 2.52 bits per heavy atom. The Labute approximate surface area is 170 Å². The van der Waals surface area contributed by atoms with Crippen LogP contribution in [0.1, 0.15) is 18.4 Å². The van der Waals surface area contributed by atoms with Crippen LogP contribution in [-0.4, -0.2) is 45.9 Å². The normalized spacial score (nSPS) is 17.7. The maximum Gasteiger partial charge on any atom is 0.243 e. The number of sulfonamides is 1. The van der Waals surface area contributed by atoms with Crippen molar-refractivity contribution in [2.24, 2.45) is 5.92 Å². The molecule has 156 valence electrons. The van der Waals surface area contributed by atoms with Gasteiger partial charge in [-0.3, -0.25) is 4.79 Å². The highest BCUT2D eigenvalue weighted by Gasteiger charge is 2.34. The highest BCUT2D eigenvalue weighted by molar-refractivity contribution is 7.89. The zero-order valence-electron chi connectivity index (χ0n) is 16.8. The van der Waals surface area contributed by atoms with Crippen molar-refractivity contribution in [3.8, 4) is 5.75 Å². The van der Waals surface area contributed by atoms with Gasteiger partial charge in [-0.15, -0.1) is 0 Å². The molecule has 1 amide bonds. The van der Waals surface area contributed by atoms with E-state index in [0.29, 0.717) is 30.8 Å². The van der Waals surface area contributed by atoms with E-state index < -0.39 is 15.9 Å². The van der Waals surface area contributed by atoms with Crippen LogP contribution in [0.25, 0.3) is 0 Å². The molecule has 3 rings (SSSR count). The fourth-order valence-electron chi connectivity index (χ4n) is 3.59. The summed E-state index contributed by atoms with van der Waals surface area (Å²) in [6.45, 7) is 2.28. The number of halogens is 1. The summed E-state index contributed by atoms with van der Waals surface area (Å²) in [5.74, 6) is -0.383. The van der Waals surface area contributed by atoms with Crippen LogP contribution < -0.4 is 9.64 Å². The number of aryl methyl sites for hydroxylation is 1. The zero-order valence-corrected chi connectivity index (χ0v) is 17.6. The summed E-state index contributed by atoms with van der Waals surface area (Å²) in [5.41, 5.74) is 1.30. The summed E-state index contributed by atoms with van der Waals surface area (Å²) < 4.78 is 45.9. The number of benzene rings is 2. The van der Waals surface area contributed by atoms with Crippen molar-refractivity contribution in [2.45, 2.75) is 24.7 Å². The first kappa shape index (κ1) is 21.3. The molecule has 2 aromatic rings. The molecule has 29 heavy (non-hydrogen) atoms. The maximum atomic E-state index is 13.1. The highest BCUT2D eigenvalue weighted by atomic mass is 32.2. The van der Waals surface area contributed by atoms with Gasteiger partial charge in [-0.05, 0) is 67.8 Å². The number of carbonyl (C=O) groups is 1. The molecule has 0 bridgehead atoms. The van der Waals surface area contributed by atoms with Gasteiger partial charge in [-0.25, -0.2) is 12.8 Å². The molecule has 1 aliphatic rings. The molecule has 1 heterocycles. The number of amides is 1. The minimum atomic E-state index is -3.71.